The molecule has 1 aromatic carbocycles. The van der Waals surface area contributed by atoms with Gasteiger partial charge in [-0.25, -0.2) is 9.98 Å². The molecule has 0 bridgehead atoms. The van der Waals surface area contributed by atoms with Gasteiger partial charge in [0.2, 0.25) is 5.75 Å². The number of nitrogens with one attached hydrogen (secondary N) is 2. The van der Waals surface area contributed by atoms with Crippen LogP contribution in [0, 0.1) is 0 Å². The van der Waals surface area contributed by atoms with Crippen molar-refractivity contribution in [1.82, 2.24) is 15.6 Å². The van der Waals surface area contributed by atoms with Crippen molar-refractivity contribution in [2.45, 2.75) is 26.8 Å². The highest BCUT2D eigenvalue weighted by atomic mass is 35.5. The van der Waals surface area contributed by atoms with Gasteiger partial charge in [-0.3, -0.25) is 0 Å². The molecule has 7 nitrogen and oxygen atoms in total. The van der Waals surface area contributed by atoms with E-state index < -0.39 is 0 Å². The largest absolute Gasteiger partial charge is 0.493 e. The zero-order chi connectivity index (χ0) is 21.1. The summed E-state index contributed by atoms with van der Waals surface area (Å²) in [7, 11) is 3.23. The van der Waals surface area contributed by atoms with Gasteiger partial charge in [-0.15, -0.1) is 0 Å². The summed E-state index contributed by atoms with van der Waals surface area (Å²) in [6, 6.07) is 7.60. The van der Waals surface area contributed by atoms with Gasteiger partial charge in [0.15, 0.2) is 17.5 Å². The second-order valence-electron chi connectivity index (χ2n) is 6.12. The van der Waals surface area contributed by atoms with E-state index in [1.165, 1.54) is 0 Å². The smallest absolute Gasteiger partial charge is 0.203 e. The maximum atomic E-state index is 5.83. The highest BCUT2D eigenvalue weighted by Gasteiger charge is 2.13. The van der Waals surface area contributed by atoms with Crippen LogP contribution in [0.25, 0.3) is 0 Å². The van der Waals surface area contributed by atoms with E-state index in [0.29, 0.717) is 35.6 Å². The Kier molecular flexibility index (Phi) is 9.37. The molecule has 2 rings (SSSR count). The predicted octanol–water partition coefficient (Wildman–Crippen LogP) is 3.45. The van der Waals surface area contributed by atoms with Crippen molar-refractivity contribution in [2.24, 2.45) is 4.99 Å². The lowest BCUT2D eigenvalue weighted by Crippen LogP contribution is -2.38. The van der Waals surface area contributed by atoms with Gasteiger partial charge in [0.1, 0.15) is 5.15 Å². The Bertz CT molecular complexity index is 772. The normalized spacial score (nSPS) is 11.1. The number of methoxy groups -OCH3 is 2. The topological polar surface area (TPSA) is 77.0 Å². The molecule has 8 heteroatoms. The van der Waals surface area contributed by atoms with Crippen LogP contribution in [-0.2, 0) is 13.0 Å². The van der Waals surface area contributed by atoms with Gasteiger partial charge in [-0.05, 0) is 49.6 Å². The fourth-order valence-electron chi connectivity index (χ4n) is 2.70. The van der Waals surface area contributed by atoms with E-state index in [2.05, 4.69) is 20.6 Å². The van der Waals surface area contributed by atoms with Crippen LogP contribution >= 0.6 is 11.6 Å². The monoisotopic (exact) mass is 420 g/mol. The second-order valence-corrected chi connectivity index (χ2v) is 6.51. The van der Waals surface area contributed by atoms with Gasteiger partial charge in [-0.1, -0.05) is 17.7 Å². The SMILES string of the molecule is CCNC(=NCc1cc(OC)c(OCC)c(OC)c1)NCCc1ccc(Cl)nc1. The summed E-state index contributed by atoms with van der Waals surface area (Å²) in [6.45, 7) is 6.45. The molecular weight excluding hydrogens is 392 g/mol. The predicted molar refractivity (Wildman–Crippen MR) is 116 cm³/mol. The summed E-state index contributed by atoms with van der Waals surface area (Å²) in [6.07, 6.45) is 2.60. The number of hydrogen-bond acceptors (Lipinski definition) is 5. The molecule has 1 aromatic heterocycles. The van der Waals surface area contributed by atoms with Crippen molar-refractivity contribution >= 4 is 17.6 Å². The zero-order valence-corrected chi connectivity index (χ0v) is 18.2. The Morgan fingerprint density at radius 3 is 2.34 bits per heavy atom. The van der Waals surface area contributed by atoms with E-state index in [9.17, 15) is 0 Å². The number of guanidine groups is 1. The fourth-order valence-corrected chi connectivity index (χ4v) is 2.82. The molecule has 1 heterocycles. The van der Waals surface area contributed by atoms with Crippen molar-refractivity contribution in [3.05, 3.63) is 46.7 Å². The van der Waals surface area contributed by atoms with Gasteiger partial charge >= 0.3 is 0 Å². The summed E-state index contributed by atoms with van der Waals surface area (Å²) in [5, 5.41) is 7.08. The first-order valence-electron chi connectivity index (χ1n) is 9.61. The van der Waals surface area contributed by atoms with Crippen molar-refractivity contribution in [3.8, 4) is 17.2 Å². The minimum Gasteiger partial charge on any atom is -0.493 e. The summed E-state index contributed by atoms with van der Waals surface area (Å²) in [4.78, 5) is 8.76. The molecule has 0 atom stereocenters. The van der Waals surface area contributed by atoms with Gasteiger partial charge in [0.25, 0.3) is 0 Å². The molecule has 29 heavy (non-hydrogen) atoms. The average molecular weight is 421 g/mol. The summed E-state index contributed by atoms with van der Waals surface area (Å²) >= 11 is 5.83. The number of aromatic nitrogens is 1. The first-order chi connectivity index (χ1) is 14.1. The van der Waals surface area contributed by atoms with Gasteiger partial charge in [-0.2, -0.15) is 0 Å². The van der Waals surface area contributed by atoms with Gasteiger partial charge < -0.3 is 24.8 Å². The van der Waals surface area contributed by atoms with E-state index in [1.807, 2.05) is 32.0 Å². The van der Waals surface area contributed by atoms with Crippen LogP contribution in [0.1, 0.15) is 25.0 Å². The van der Waals surface area contributed by atoms with Crippen LogP contribution in [0.3, 0.4) is 0 Å². The lowest BCUT2D eigenvalue weighted by atomic mass is 10.2. The van der Waals surface area contributed by atoms with Crippen molar-refractivity contribution < 1.29 is 14.2 Å². The average Bonchev–Trinajstić information content (AvgIpc) is 2.74. The molecule has 0 aliphatic carbocycles. The van der Waals surface area contributed by atoms with Crippen LogP contribution in [0.5, 0.6) is 17.2 Å². The molecule has 0 unspecified atom stereocenters. The van der Waals surface area contributed by atoms with E-state index in [0.717, 1.165) is 36.6 Å². The van der Waals surface area contributed by atoms with Crippen LogP contribution in [-0.4, -0.2) is 44.9 Å². The lowest BCUT2D eigenvalue weighted by molar-refractivity contribution is 0.288. The summed E-state index contributed by atoms with van der Waals surface area (Å²) < 4.78 is 16.6. The van der Waals surface area contributed by atoms with E-state index in [-0.39, 0.29) is 0 Å². The summed E-state index contributed by atoms with van der Waals surface area (Å²) in [5.41, 5.74) is 2.07. The van der Waals surface area contributed by atoms with Gasteiger partial charge in [0, 0.05) is 19.3 Å². The third-order valence-electron chi connectivity index (χ3n) is 4.07. The molecule has 0 saturated carbocycles. The number of benzene rings is 1. The standard InChI is InChI=1S/C21H29ClN4O3/c1-5-23-21(24-10-9-15-7-8-19(22)25-13-15)26-14-16-11-17(27-3)20(29-6-2)18(12-16)28-4/h7-8,11-13H,5-6,9-10,14H2,1-4H3,(H2,23,24,26). The number of pyridine rings is 1. The molecule has 0 aliphatic heterocycles. The number of ether oxygens (including phenoxy) is 3. The molecule has 2 N–H and O–H groups in total. The number of nitrogens with zero attached hydrogens (tertiary/aromatic N) is 2. The Labute approximate surface area is 177 Å². The van der Waals surface area contributed by atoms with E-state index in [4.69, 9.17) is 25.8 Å². The molecule has 0 saturated heterocycles. The Balaban J connectivity index is 2.05. The minimum absolute atomic E-state index is 0.469. The number of hydrogen-bond donors (Lipinski definition) is 2. The molecule has 0 aliphatic rings. The quantitative estimate of drug-likeness (QED) is 0.348. The number of aliphatic imine (C=N–C) groups is 1. The van der Waals surface area contributed by atoms with Crippen LogP contribution < -0.4 is 24.8 Å². The zero-order valence-electron chi connectivity index (χ0n) is 17.4. The molecule has 2 aromatic rings. The number of halogens is 1. The minimum atomic E-state index is 0.469. The van der Waals surface area contributed by atoms with Crippen molar-refractivity contribution in [2.75, 3.05) is 33.9 Å². The molecule has 0 spiro atoms. The van der Waals surface area contributed by atoms with Gasteiger partial charge in [0.05, 0.1) is 27.4 Å². The van der Waals surface area contributed by atoms with E-state index >= 15 is 0 Å². The van der Waals surface area contributed by atoms with Crippen LogP contribution in [0.15, 0.2) is 35.5 Å². The van der Waals surface area contributed by atoms with Crippen molar-refractivity contribution in [3.63, 3.8) is 0 Å². The third-order valence-corrected chi connectivity index (χ3v) is 4.29. The fraction of sp³-hybridized carbons (Fsp3) is 0.429. The lowest BCUT2D eigenvalue weighted by Gasteiger charge is -2.15. The third kappa shape index (κ3) is 7.02. The highest BCUT2D eigenvalue weighted by Crippen LogP contribution is 2.38. The molecule has 0 fully saturated rings. The second kappa shape index (κ2) is 12.0. The molecule has 0 amide bonds. The Hall–Kier alpha value is -2.67. The Morgan fingerprint density at radius 2 is 1.79 bits per heavy atom. The van der Waals surface area contributed by atoms with Crippen molar-refractivity contribution in [1.29, 1.82) is 0 Å². The van der Waals surface area contributed by atoms with E-state index in [1.54, 1.807) is 26.5 Å². The number of rotatable bonds is 10. The maximum absolute atomic E-state index is 5.83. The molecule has 0 radical (unpaired) electrons. The first-order valence-corrected chi connectivity index (χ1v) is 9.99. The van der Waals surface area contributed by atoms with Crippen LogP contribution in [0.4, 0.5) is 0 Å². The Morgan fingerprint density at radius 1 is 1.07 bits per heavy atom. The van der Waals surface area contributed by atoms with Crippen LogP contribution in [0.2, 0.25) is 5.15 Å². The molecule has 158 valence electrons. The first kappa shape index (κ1) is 22.6. The molecular formula is C21H29ClN4O3. The highest BCUT2D eigenvalue weighted by molar-refractivity contribution is 6.29. The summed E-state index contributed by atoms with van der Waals surface area (Å²) in [5.74, 6) is 2.60. The maximum Gasteiger partial charge on any atom is 0.203 e.